The normalized spacial score (nSPS) is 10.6. The predicted octanol–water partition coefficient (Wildman–Crippen LogP) is 4.56. The first-order valence-electron chi connectivity index (χ1n) is 7.56. The van der Waals surface area contributed by atoms with Gasteiger partial charge in [0.2, 0.25) is 0 Å². The molecule has 1 aromatic heterocycles. The third-order valence-electron chi connectivity index (χ3n) is 3.45. The average molecular weight is 344 g/mol. The number of anilines is 3. The zero-order valence-corrected chi connectivity index (χ0v) is 13.4. The Hall–Kier alpha value is -3.09. The molecule has 0 aliphatic carbocycles. The third kappa shape index (κ3) is 4.26. The summed E-state index contributed by atoms with van der Waals surface area (Å²) in [6, 6.07) is 11.2. The number of rotatable bonds is 5. The van der Waals surface area contributed by atoms with Crippen LogP contribution in [0, 0.1) is 24.4 Å². The number of aromatic nitrogens is 2. The molecule has 0 bridgehead atoms. The summed E-state index contributed by atoms with van der Waals surface area (Å²) in [5, 5.41) is 5.79. The van der Waals surface area contributed by atoms with Crippen LogP contribution in [0.3, 0.4) is 0 Å². The van der Waals surface area contributed by atoms with Crippen LogP contribution in [0.4, 0.5) is 30.5 Å². The largest absolute Gasteiger partial charge is 0.366 e. The van der Waals surface area contributed by atoms with Crippen LogP contribution in [0.2, 0.25) is 0 Å². The van der Waals surface area contributed by atoms with Gasteiger partial charge in [0.1, 0.15) is 34.9 Å². The number of nitrogens with zero attached hydrogens (tertiary/aromatic N) is 2. The van der Waals surface area contributed by atoms with E-state index in [9.17, 15) is 13.2 Å². The van der Waals surface area contributed by atoms with E-state index in [2.05, 4.69) is 20.6 Å². The van der Waals surface area contributed by atoms with Gasteiger partial charge in [-0.05, 0) is 25.1 Å². The fraction of sp³-hybridized carbons (Fsp3) is 0.111. The zero-order chi connectivity index (χ0) is 17.8. The van der Waals surface area contributed by atoms with Crippen molar-refractivity contribution in [3.05, 3.63) is 77.4 Å². The summed E-state index contributed by atoms with van der Waals surface area (Å²) < 4.78 is 40.4. The number of benzene rings is 2. The molecular formula is C18H15F3N4. The molecule has 0 saturated heterocycles. The minimum atomic E-state index is -0.725. The molecule has 7 heteroatoms. The number of aryl methyl sites for hydroxylation is 1. The van der Waals surface area contributed by atoms with Crippen LogP contribution in [0.15, 0.2) is 48.5 Å². The summed E-state index contributed by atoms with van der Waals surface area (Å²) in [4.78, 5) is 8.39. The van der Waals surface area contributed by atoms with Gasteiger partial charge < -0.3 is 10.6 Å². The lowest BCUT2D eigenvalue weighted by molar-refractivity contribution is 0.586. The van der Waals surface area contributed by atoms with Crippen molar-refractivity contribution in [2.75, 3.05) is 10.6 Å². The highest BCUT2D eigenvalue weighted by Gasteiger charge is 2.08. The molecule has 0 aliphatic heterocycles. The van der Waals surface area contributed by atoms with Crippen LogP contribution < -0.4 is 10.6 Å². The molecule has 0 spiro atoms. The molecule has 4 nitrogen and oxygen atoms in total. The first kappa shape index (κ1) is 16.8. The third-order valence-corrected chi connectivity index (χ3v) is 3.45. The second-order valence-electron chi connectivity index (χ2n) is 5.38. The Morgan fingerprint density at radius 2 is 1.64 bits per heavy atom. The van der Waals surface area contributed by atoms with E-state index < -0.39 is 11.6 Å². The second-order valence-corrected chi connectivity index (χ2v) is 5.38. The molecule has 2 N–H and O–H groups in total. The van der Waals surface area contributed by atoms with E-state index in [0.717, 1.165) is 12.1 Å². The lowest BCUT2D eigenvalue weighted by Gasteiger charge is -2.11. The Labute approximate surface area is 142 Å². The van der Waals surface area contributed by atoms with Crippen molar-refractivity contribution < 1.29 is 13.2 Å². The van der Waals surface area contributed by atoms with Crippen LogP contribution in [0.25, 0.3) is 0 Å². The van der Waals surface area contributed by atoms with Crippen LogP contribution in [0.5, 0.6) is 0 Å². The summed E-state index contributed by atoms with van der Waals surface area (Å²) in [5.74, 6) is -0.447. The smallest absolute Gasteiger partial charge is 0.149 e. The van der Waals surface area contributed by atoms with E-state index in [1.54, 1.807) is 31.2 Å². The molecule has 3 rings (SSSR count). The van der Waals surface area contributed by atoms with Crippen molar-refractivity contribution in [1.82, 2.24) is 9.97 Å². The van der Waals surface area contributed by atoms with Crippen LogP contribution >= 0.6 is 0 Å². The number of nitrogens with one attached hydrogen (secondary N) is 2. The molecule has 1 heterocycles. The maximum absolute atomic E-state index is 13.7. The first-order valence-corrected chi connectivity index (χ1v) is 7.56. The molecule has 0 saturated carbocycles. The van der Waals surface area contributed by atoms with Gasteiger partial charge in [0.05, 0.1) is 5.69 Å². The molecular weight excluding hydrogens is 329 g/mol. The monoisotopic (exact) mass is 344 g/mol. The van der Waals surface area contributed by atoms with Crippen LogP contribution in [-0.4, -0.2) is 9.97 Å². The summed E-state index contributed by atoms with van der Waals surface area (Å²) in [6.07, 6.45) is 0. The Balaban J connectivity index is 1.77. The van der Waals surface area contributed by atoms with E-state index in [1.165, 1.54) is 12.1 Å². The van der Waals surface area contributed by atoms with E-state index >= 15 is 0 Å². The summed E-state index contributed by atoms with van der Waals surface area (Å²) >= 11 is 0. The van der Waals surface area contributed by atoms with Gasteiger partial charge in [0.25, 0.3) is 0 Å². The maximum atomic E-state index is 13.7. The lowest BCUT2D eigenvalue weighted by atomic mass is 10.2. The number of hydrogen-bond donors (Lipinski definition) is 2. The first-order chi connectivity index (χ1) is 12.0. The van der Waals surface area contributed by atoms with Gasteiger partial charge in [-0.3, -0.25) is 0 Å². The van der Waals surface area contributed by atoms with Gasteiger partial charge in [-0.25, -0.2) is 23.1 Å². The summed E-state index contributed by atoms with van der Waals surface area (Å²) in [5.41, 5.74) is 0.595. The summed E-state index contributed by atoms with van der Waals surface area (Å²) in [7, 11) is 0. The molecule has 128 valence electrons. The fourth-order valence-corrected chi connectivity index (χ4v) is 2.28. The minimum absolute atomic E-state index is 0.0968. The molecule has 0 atom stereocenters. The standard InChI is InChI=1S/C18H15F3N4/c1-11-23-17(22-10-12-4-2-3-5-14(12)20)9-18(24-11)25-16-7-6-13(19)8-15(16)21/h2-9H,10H2,1H3,(H2,22,23,24,25). The molecule has 0 fully saturated rings. The Kier molecular flexibility index (Phi) is 4.83. The van der Waals surface area contributed by atoms with E-state index in [1.807, 2.05) is 0 Å². The zero-order valence-electron chi connectivity index (χ0n) is 13.4. The molecule has 25 heavy (non-hydrogen) atoms. The van der Waals surface area contributed by atoms with Crippen molar-refractivity contribution >= 4 is 17.3 Å². The van der Waals surface area contributed by atoms with Crippen molar-refractivity contribution in [1.29, 1.82) is 0 Å². The summed E-state index contributed by atoms with van der Waals surface area (Å²) in [6.45, 7) is 1.92. The predicted molar refractivity (Wildman–Crippen MR) is 90.1 cm³/mol. The van der Waals surface area contributed by atoms with Crippen molar-refractivity contribution in [3.8, 4) is 0 Å². The van der Waals surface area contributed by atoms with Gasteiger partial charge in [0, 0.05) is 24.2 Å². The van der Waals surface area contributed by atoms with Gasteiger partial charge in [-0.1, -0.05) is 18.2 Å². The highest BCUT2D eigenvalue weighted by Crippen LogP contribution is 2.21. The van der Waals surface area contributed by atoms with Crippen LogP contribution in [0.1, 0.15) is 11.4 Å². The molecule has 0 unspecified atom stereocenters. The quantitative estimate of drug-likeness (QED) is 0.712. The van der Waals surface area contributed by atoms with Crippen molar-refractivity contribution in [3.63, 3.8) is 0 Å². The van der Waals surface area contributed by atoms with Gasteiger partial charge in [-0.15, -0.1) is 0 Å². The Morgan fingerprint density at radius 3 is 2.40 bits per heavy atom. The number of hydrogen-bond acceptors (Lipinski definition) is 4. The topological polar surface area (TPSA) is 49.8 Å². The SMILES string of the molecule is Cc1nc(NCc2ccccc2F)cc(Nc2ccc(F)cc2F)n1. The molecule has 0 aliphatic rings. The van der Waals surface area contributed by atoms with Gasteiger partial charge in [0.15, 0.2) is 0 Å². The average Bonchev–Trinajstić information content (AvgIpc) is 2.56. The highest BCUT2D eigenvalue weighted by molar-refractivity contribution is 5.59. The van der Waals surface area contributed by atoms with Gasteiger partial charge >= 0.3 is 0 Å². The molecule has 2 aromatic carbocycles. The van der Waals surface area contributed by atoms with E-state index in [0.29, 0.717) is 23.0 Å². The van der Waals surface area contributed by atoms with E-state index in [4.69, 9.17) is 0 Å². The minimum Gasteiger partial charge on any atom is -0.366 e. The maximum Gasteiger partial charge on any atom is 0.149 e. The molecule has 0 radical (unpaired) electrons. The van der Waals surface area contributed by atoms with E-state index in [-0.39, 0.29) is 18.0 Å². The van der Waals surface area contributed by atoms with Crippen molar-refractivity contribution in [2.45, 2.75) is 13.5 Å². The van der Waals surface area contributed by atoms with Crippen LogP contribution in [-0.2, 0) is 6.54 Å². The molecule has 3 aromatic rings. The highest BCUT2D eigenvalue weighted by atomic mass is 19.1. The van der Waals surface area contributed by atoms with Gasteiger partial charge in [-0.2, -0.15) is 0 Å². The Bertz CT molecular complexity index is 899. The fourth-order valence-electron chi connectivity index (χ4n) is 2.28. The Morgan fingerprint density at radius 1 is 0.880 bits per heavy atom. The molecule has 0 amide bonds. The number of halogens is 3. The second kappa shape index (κ2) is 7.21. The lowest BCUT2D eigenvalue weighted by Crippen LogP contribution is -2.06. The van der Waals surface area contributed by atoms with Crippen molar-refractivity contribution in [2.24, 2.45) is 0 Å².